The van der Waals surface area contributed by atoms with Crippen molar-refractivity contribution in [3.05, 3.63) is 42.4 Å². The highest BCUT2D eigenvalue weighted by Gasteiger charge is 2.35. The van der Waals surface area contributed by atoms with Gasteiger partial charge in [-0.15, -0.1) is 0 Å². The van der Waals surface area contributed by atoms with Crippen molar-refractivity contribution in [1.82, 2.24) is 14.5 Å². The van der Waals surface area contributed by atoms with Gasteiger partial charge in [-0.25, -0.2) is 9.55 Å². The molecule has 0 radical (unpaired) electrons. The molecular weight excluding hydrogens is 252 g/mol. The summed E-state index contributed by atoms with van der Waals surface area (Å²) < 4.78 is 10.4. The fourth-order valence-corrected chi connectivity index (χ4v) is 3.12. The van der Waals surface area contributed by atoms with Gasteiger partial charge in [0.2, 0.25) is 11.2 Å². The molecule has 0 aliphatic carbocycles. The summed E-state index contributed by atoms with van der Waals surface area (Å²) in [7, 11) is 2.02. The molecule has 0 atom stereocenters. The van der Waals surface area contributed by atoms with Gasteiger partial charge in [-0.05, 0) is 24.3 Å². The average Bonchev–Trinajstić information content (AvgIpc) is 3.09. The number of nitrogens with zero attached hydrogens (tertiary/aromatic N) is 4. The Balaban J connectivity index is 1.97. The first-order valence-corrected chi connectivity index (χ1v) is 6.54. The number of fused-ring (bicyclic) bond motifs is 7. The molecule has 1 aliphatic heterocycles. The van der Waals surface area contributed by atoms with Crippen molar-refractivity contribution < 1.29 is 8.98 Å². The van der Waals surface area contributed by atoms with Crippen molar-refractivity contribution in [3.63, 3.8) is 0 Å². The van der Waals surface area contributed by atoms with E-state index in [-0.39, 0.29) is 0 Å². The third kappa shape index (κ3) is 1.02. The van der Waals surface area contributed by atoms with Crippen molar-refractivity contribution >= 4 is 22.3 Å². The van der Waals surface area contributed by atoms with Crippen LogP contribution in [0.1, 0.15) is 5.69 Å². The minimum atomic E-state index is 0.753. The number of hydrogen-bond acceptors (Lipinski definition) is 3. The van der Waals surface area contributed by atoms with Crippen LogP contribution in [-0.2, 0) is 13.6 Å². The summed E-state index contributed by atoms with van der Waals surface area (Å²) in [6.45, 7) is 0.753. The molecule has 0 saturated carbocycles. The highest BCUT2D eigenvalue weighted by atomic mass is 16.4. The van der Waals surface area contributed by atoms with Crippen molar-refractivity contribution in [2.24, 2.45) is 7.05 Å². The number of pyridine rings is 2. The van der Waals surface area contributed by atoms with Crippen molar-refractivity contribution in [2.75, 3.05) is 0 Å². The fraction of sp³-hybridized carbons (Fsp3) is 0.133. The zero-order valence-electron chi connectivity index (χ0n) is 10.9. The lowest BCUT2D eigenvalue weighted by Gasteiger charge is -1.91. The summed E-state index contributed by atoms with van der Waals surface area (Å²) in [6, 6.07) is 7.99. The van der Waals surface area contributed by atoms with Gasteiger partial charge >= 0.3 is 5.65 Å². The molecule has 5 heterocycles. The molecule has 0 saturated heterocycles. The van der Waals surface area contributed by atoms with Crippen LogP contribution < -0.4 is 4.57 Å². The topological polar surface area (TPSA) is 47.7 Å². The maximum Gasteiger partial charge on any atom is 0.330 e. The molecule has 1 aliphatic rings. The second-order valence-electron chi connectivity index (χ2n) is 5.08. The van der Waals surface area contributed by atoms with Crippen LogP contribution in [0.5, 0.6) is 0 Å². The van der Waals surface area contributed by atoms with Crippen LogP contribution in [0.25, 0.3) is 33.7 Å². The molecule has 0 aromatic carbocycles. The lowest BCUT2D eigenvalue weighted by atomic mass is 10.2. The largest absolute Gasteiger partial charge is 0.413 e. The van der Waals surface area contributed by atoms with E-state index in [9.17, 15) is 0 Å². The molecule has 4 aromatic rings. The van der Waals surface area contributed by atoms with Gasteiger partial charge in [-0.3, -0.25) is 4.98 Å². The van der Waals surface area contributed by atoms with Gasteiger partial charge in [-0.2, -0.15) is 4.57 Å². The minimum absolute atomic E-state index is 0.753. The number of hydrogen-bond donors (Lipinski definition) is 0. The Morgan fingerprint density at radius 2 is 2.05 bits per heavy atom. The van der Waals surface area contributed by atoms with E-state index in [0.29, 0.717) is 0 Å². The Kier molecular flexibility index (Phi) is 1.65. The second kappa shape index (κ2) is 3.25. The van der Waals surface area contributed by atoms with E-state index in [0.717, 1.165) is 46.0 Å². The van der Waals surface area contributed by atoms with Crippen LogP contribution in [0.2, 0.25) is 0 Å². The van der Waals surface area contributed by atoms with Gasteiger partial charge in [0.1, 0.15) is 6.54 Å². The van der Waals surface area contributed by atoms with E-state index < -0.39 is 0 Å². The summed E-state index contributed by atoms with van der Waals surface area (Å²) in [5.41, 5.74) is 5.05. The molecule has 5 rings (SSSR count). The zero-order valence-corrected chi connectivity index (χ0v) is 10.9. The number of aryl methyl sites for hydroxylation is 1. The number of oxazole rings is 1. The van der Waals surface area contributed by atoms with Crippen LogP contribution in [0.4, 0.5) is 0 Å². The summed E-state index contributed by atoms with van der Waals surface area (Å²) in [6.07, 6.45) is 3.63. The van der Waals surface area contributed by atoms with Gasteiger partial charge in [-0.1, -0.05) is 0 Å². The van der Waals surface area contributed by atoms with Crippen molar-refractivity contribution in [1.29, 1.82) is 0 Å². The van der Waals surface area contributed by atoms with Gasteiger partial charge in [0.05, 0.1) is 23.7 Å². The van der Waals surface area contributed by atoms with E-state index in [1.54, 1.807) is 0 Å². The van der Waals surface area contributed by atoms with Crippen molar-refractivity contribution in [2.45, 2.75) is 6.54 Å². The first kappa shape index (κ1) is 10.1. The molecule has 96 valence electrons. The molecular formula is C15H11N4O+. The Hall–Kier alpha value is -2.69. The highest BCUT2D eigenvalue weighted by Crippen LogP contribution is 2.33. The van der Waals surface area contributed by atoms with Crippen LogP contribution in [0.15, 0.2) is 41.1 Å². The lowest BCUT2D eigenvalue weighted by Crippen LogP contribution is -2.32. The highest BCUT2D eigenvalue weighted by molar-refractivity contribution is 6.00. The van der Waals surface area contributed by atoms with Gasteiger partial charge < -0.3 is 4.42 Å². The summed E-state index contributed by atoms with van der Waals surface area (Å²) >= 11 is 0. The fourth-order valence-electron chi connectivity index (χ4n) is 3.12. The predicted octanol–water partition coefficient (Wildman–Crippen LogP) is 2.03. The quantitative estimate of drug-likeness (QED) is 0.402. The third-order valence-electron chi connectivity index (χ3n) is 4.00. The van der Waals surface area contributed by atoms with Gasteiger partial charge in [0, 0.05) is 12.4 Å². The van der Waals surface area contributed by atoms with E-state index >= 15 is 0 Å². The zero-order chi connectivity index (χ0) is 13.3. The third-order valence-corrected chi connectivity index (χ3v) is 4.00. The minimum Gasteiger partial charge on any atom is -0.413 e. The van der Waals surface area contributed by atoms with Crippen molar-refractivity contribution in [3.8, 4) is 11.5 Å². The second-order valence-corrected chi connectivity index (χ2v) is 5.08. The molecule has 20 heavy (non-hydrogen) atoms. The predicted molar refractivity (Wildman–Crippen MR) is 73.0 cm³/mol. The average molecular weight is 263 g/mol. The molecule has 0 amide bonds. The van der Waals surface area contributed by atoms with Gasteiger partial charge in [0.15, 0.2) is 0 Å². The van der Waals surface area contributed by atoms with Crippen LogP contribution in [-0.4, -0.2) is 14.5 Å². The van der Waals surface area contributed by atoms with E-state index in [4.69, 9.17) is 4.42 Å². The van der Waals surface area contributed by atoms with Gasteiger partial charge in [0.25, 0.3) is 5.89 Å². The number of aromatic nitrogens is 4. The maximum atomic E-state index is 6.13. The normalized spacial score (nSPS) is 13.1. The van der Waals surface area contributed by atoms with E-state index in [1.807, 2.05) is 37.6 Å². The Bertz CT molecular complexity index is 996. The summed E-state index contributed by atoms with van der Waals surface area (Å²) in [5.74, 6) is 0.888. The Morgan fingerprint density at radius 1 is 1.20 bits per heavy atom. The lowest BCUT2D eigenvalue weighted by molar-refractivity contribution is -0.652. The first-order valence-electron chi connectivity index (χ1n) is 6.54. The van der Waals surface area contributed by atoms with Crippen LogP contribution in [0, 0.1) is 0 Å². The van der Waals surface area contributed by atoms with Crippen LogP contribution >= 0.6 is 0 Å². The SMILES string of the molecule is Cn1c2ncccc2c2oc3[n+](c21)Cc1ncccc1-3. The molecule has 0 unspecified atom stereocenters. The molecule has 5 heteroatoms. The van der Waals surface area contributed by atoms with Crippen LogP contribution in [0.3, 0.4) is 0 Å². The Morgan fingerprint density at radius 3 is 3.00 bits per heavy atom. The standard InChI is InChI=1S/C15H11N4O/c1-18-13-10(5-3-7-17-13)12-14(18)19-8-11-9(15(19)20-12)4-2-6-16-11/h2-7H,8H2,1H3/q+1. The summed E-state index contributed by atoms with van der Waals surface area (Å²) in [4.78, 5) is 8.87. The molecule has 0 fully saturated rings. The molecule has 5 nitrogen and oxygen atoms in total. The van der Waals surface area contributed by atoms with E-state index in [2.05, 4.69) is 25.2 Å². The summed E-state index contributed by atoms with van der Waals surface area (Å²) in [5, 5.41) is 1.05. The molecule has 4 aromatic heterocycles. The Labute approximate surface area is 114 Å². The first-order chi connectivity index (χ1) is 9.84. The van der Waals surface area contributed by atoms with E-state index in [1.165, 1.54) is 0 Å². The molecule has 0 bridgehead atoms. The molecule has 0 N–H and O–H groups in total. The maximum absolute atomic E-state index is 6.13. The monoisotopic (exact) mass is 263 g/mol. The molecule has 0 spiro atoms. The smallest absolute Gasteiger partial charge is 0.330 e. The number of rotatable bonds is 0.